The van der Waals surface area contributed by atoms with E-state index in [4.69, 9.17) is 4.74 Å². The number of nitrogens with one attached hydrogen (secondary N) is 1. The Morgan fingerprint density at radius 1 is 1.21 bits per heavy atom. The van der Waals surface area contributed by atoms with E-state index in [1.807, 2.05) is 30.5 Å². The molecule has 124 valence electrons. The van der Waals surface area contributed by atoms with Crippen LogP contribution in [0.1, 0.15) is 12.8 Å². The quantitative estimate of drug-likeness (QED) is 0.646. The number of aliphatic imine (C=N–C) groups is 1. The first-order chi connectivity index (χ1) is 11.6. The highest BCUT2D eigenvalue weighted by Crippen LogP contribution is 2.44. The van der Waals surface area contributed by atoms with E-state index in [1.54, 1.807) is 0 Å². The highest BCUT2D eigenvalue weighted by atomic mass is 16.6. The number of hydroxylamine groups is 3. The number of ether oxygens (including phenoxy) is 1. The fraction of sp³-hybridized carbons (Fsp3) is 0.444. The first-order valence-electron chi connectivity index (χ1n) is 8.57. The van der Waals surface area contributed by atoms with Gasteiger partial charge < -0.3 is 14.6 Å². The number of rotatable bonds is 1. The molecule has 3 saturated heterocycles. The third kappa shape index (κ3) is 2.17. The summed E-state index contributed by atoms with van der Waals surface area (Å²) in [5.41, 5.74) is -0.405. The Morgan fingerprint density at radius 2 is 2.00 bits per heavy atom. The van der Waals surface area contributed by atoms with E-state index >= 15 is 0 Å². The SMILES string of the molecule is [O-][N+]12CCC(CC1)[C@@]1(CN=C(Nc3cc4ccccc4cn3)O1)C2. The van der Waals surface area contributed by atoms with Crippen LogP contribution in [0.2, 0.25) is 0 Å². The first kappa shape index (κ1) is 14.2. The smallest absolute Gasteiger partial charge is 0.291 e. The van der Waals surface area contributed by atoms with Gasteiger partial charge in [-0.3, -0.25) is 5.32 Å². The zero-order chi connectivity index (χ0) is 16.2. The van der Waals surface area contributed by atoms with Gasteiger partial charge >= 0.3 is 0 Å². The largest absolute Gasteiger partial charge is 0.633 e. The van der Waals surface area contributed by atoms with Gasteiger partial charge in [-0.05, 0) is 11.5 Å². The second kappa shape index (κ2) is 4.91. The molecule has 0 saturated carbocycles. The minimum absolute atomic E-state index is 0.118. The lowest BCUT2D eigenvalue weighted by molar-refractivity contribution is -0.905. The predicted molar refractivity (Wildman–Crippen MR) is 92.4 cm³/mol. The van der Waals surface area contributed by atoms with Crippen LogP contribution < -0.4 is 5.32 Å². The number of nitrogens with zero attached hydrogens (tertiary/aromatic N) is 3. The molecule has 1 atom stereocenters. The molecule has 0 radical (unpaired) electrons. The third-order valence-electron chi connectivity index (χ3n) is 5.73. The maximum atomic E-state index is 12.7. The molecule has 5 heterocycles. The lowest BCUT2D eigenvalue weighted by Gasteiger charge is -2.58. The molecule has 1 spiro atoms. The van der Waals surface area contributed by atoms with Crippen LogP contribution in [0.3, 0.4) is 0 Å². The molecule has 1 N–H and O–H groups in total. The lowest BCUT2D eigenvalue weighted by atomic mass is 9.75. The van der Waals surface area contributed by atoms with E-state index < -0.39 is 5.60 Å². The Bertz CT molecular complexity index is 829. The third-order valence-corrected chi connectivity index (χ3v) is 5.73. The van der Waals surface area contributed by atoms with Crippen molar-refractivity contribution in [3.63, 3.8) is 0 Å². The van der Waals surface area contributed by atoms with Gasteiger partial charge in [0, 0.05) is 30.3 Å². The number of quaternary nitrogens is 1. The summed E-state index contributed by atoms with van der Waals surface area (Å²) in [6.07, 6.45) is 3.73. The van der Waals surface area contributed by atoms with Gasteiger partial charge in [0.05, 0.1) is 19.6 Å². The van der Waals surface area contributed by atoms with Crippen LogP contribution in [-0.4, -0.2) is 47.4 Å². The van der Waals surface area contributed by atoms with E-state index in [0.717, 1.165) is 42.5 Å². The molecule has 3 fully saturated rings. The van der Waals surface area contributed by atoms with Crippen molar-refractivity contribution < 1.29 is 9.38 Å². The minimum Gasteiger partial charge on any atom is -0.633 e. The second-order valence-electron chi connectivity index (χ2n) is 7.27. The normalized spacial score (nSPS) is 34.4. The maximum Gasteiger partial charge on any atom is 0.291 e. The van der Waals surface area contributed by atoms with Crippen molar-refractivity contribution in [2.45, 2.75) is 18.4 Å². The monoisotopic (exact) mass is 324 g/mol. The van der Waals surface area contributed by atoms with Crippen LogP contribution >= 0.6 is 0 Å². The number of hydrogen-bond donors (Lipinski definition) is 1. The molecule has 1 aromatic carbocycles. The minimum atomic E-state index is -0.405. The number of aromatic nitrogens is 1. The average Bonchev–Trinajstić information content (AvgIpc) is 2.97. The van der Waals surface area contributed by atoms with Crippen molar-refractivity contribution in [1.82, 2.24) is 4.98 Å². The molecular formula is C18H20N4O2. The van der Waals surface area contributed by atoms with Gasteiger partial charge in [-0.1, -0.05) is 24.3 Å². The predicted octanol–water partition coefficient (Wildman–Crippen LogP) is 2.51. The van der Waals surface area contributed by atoms with Crippen LogP contribution in [0.4, 0.5) is 5.82 Å². The number of benzene rings is 1. The number of fused-ring (bicyclic) bond motifs is 3. The Labute approximate surface area is 140 Å². The number of anilines is 1. The summed E-state index contributed by atoms with van der Waals surface area (Å²) in [6.45, 7) is 2.56. The van der Waals surface area contributed by atoms with Crippen LogP contribution in [-0.2, 0) is 4.74 Å². The van der Waals surface area contributed by atoms with Crippen LogP contribution in [0.5, 0.6) is 0 Å². The van der Waals surface area contributed by atoms with Crippen molar-refractivity contribution in [2.75, 3.05) is 31.5 Å². The van der Waals surface area contributed by atoms with E-state index in [9.17, 15) is 5.21 Å². The highest BCUT2D eigenvalue weighted by Gasteiger charge is 2.56. The standard InChI is InChI=1S/C18H20N4O2/c23-22-7-5-15(6-8-22)18(12-22)11-20-17(24-18)21-16-9-13-3-1-2-4-14(13)10-19-16/h1-4,9-10,15H,5-8,11-12H2,(H,19,20,21)/t15?,18-,22?/m1/s1. The van der Waals surface area contributed by atoms with Gasteiger partial charge in [0.25, 0.3) is 6.02 Å². The van der Waals surface area contributed by atoms with Gasteiger partial charge in [0.1, 0.15) is 12.4 Å². The van der Waals surface area contributed by atoms with Crippen molar-refractivity contribution >= 4 is 22.6 Å². The van der Waals surface area contributed by atoms with Crippen molar-refractivity contribution in [3.8, 4) is 0 Å². The lowest BCUT2D eigenvalue weighted by Crippen LogP contribution is -2.67. The van der Waals surface area contributed by atoms with E-state index in [-0.39, 0.29) is 4.65 Å². The Morgan fingerprint density at radius 3 is 2.79 bits per heavy atom. The first-order valence-corrected chi connectivity index (χ1v) is 8.57. The van der Waals surface area contributed by atoms with E-state index in [2.05, 4.69) is 21.4 Å². The molecule has 0 amide bonds. The molecule has 6 rings (SSSR count). The summed E-state index contributed by atoms with van der Waals surface area (Å²) in [5.74, 6) is 1.16. The summed E-state index contributed by atoms with van der Waals surface area (Å²) in [7, 11) is 0. The van der Waals surface area contributed by atoms with Crippen LogP contribution in [0, 0.1) is 11.1 Å². The number of piperidine rings is 3. The topological polar surface area (TPSA) is 69.6 Å². The molecule has 24 heavy (non-hydrogen) atoms. The molecule has 2 bridgehead atoms. The molecule has 0 aliphatic carbocycles. The maximum absolute atomic E-state index is 12.7. The van der Waals surface area contributed by atoms with Crippen molar-refractivity contribution in [1.29, 1.82) is 0 Å². The van der Waals surface area contributed by atoms with E-state index in [1.165, 1.54) is 0 Å². The summed E-state index contributed by atoms with van der Waals surface area (Å²) in [4.78, 5) is 8.96. The number of hydrogen-bond acceptors (Lipinski definition) is 5. The molecule has 0 unspecified atom stereocenters. The van der Waals surface area contributed by atoms with Crippen LogP contribution in [0.15, 0.2) is 41.5 Å². The van der Waals surface area contributed by atoms with Gasteiger partial charge in [-0.2, -0.15) is 0 Å². The highest BCUT2D eigenvalue weighted by molar-refractivity contribution is 5.92. The molecule has 1 aromatic heterocycles. The fourth-order valence-corrected chi connectivity index (χ4v) is 4.42. The second-order valence-corrected chi connectivity index (χ2v) is 7.27. The summed E-state index contributed by atoms with van der Waals surface area (Å²) in [5, 5.41) is 18.1. The molecule has 6 nitrogen and oxygen atoms in total. The fourth-order valence-electron chi connectivity index (χ4n) is 4.42. The number of pyridine rings is 1. The van der Waals surface area contributed by atoms with Crippen LogP contribution in [0.25, 0.3) is 10.8 Å². The van der Waals surface area contributed by atoms with Gasteiger partial charge in [0.15, 0.2) is 5.60 Å². The van der Waals surface area contributed by atoms with Gasteiger partial charge in [-0.15, -0.1) is 0 Å². The Hall–Kier alpha value is -2.18. The molecule has 6 heteroatoms. The summed E-state index contributed by atoms with van der Waals surface area (Å²) in [6, 6.07) is 10.6. The molecule has 4 aliphatic heterocycles. The zero-order valence-electron chi connectivity index (χ0n) is 13.4. The molecule has 2 aromatic rings. The van der Waals surface area contributed by atoms with Crippen molar-refractivity contribution in [2.24, 2.45) is 10.9 Å². The Kier molecular flexibility index (Phi) is 2.90. The average molecular weight is 324 g/mol. The molecular weight excluding hydrogens is 304 g/mol. The van der Waals surface area contributed by atoms with Gasteiger partial charge in [0.2, 0.25) is 0 Å². The molecule has 4 aliphatic rings. The summed E-state index contributed by atoms with van der Waals surface area (Å²) >= 11 is 0. The van der Waals surface area contributed by atoms with Gasteiger partial charge in [-0.25, -0.2) is 9.98 Å². The Balaban J connectivity index is 1.35. The zero-order valence-corrected chi connectivity index (χ0v) is 13.4. The summed E-state index contributed by atoms with van der Waals surface area (Å²) < 4.78 is 6.07. The van der Waals surface area contributed by atoms with Crippen molar-refractivity contribution in [3.05, 3.63) is 41.7 Å². The number of amidine groups is 1. The van der Waals surface area contributed by atoms with E-state index in [0.29, 0.717) is 25.0 Å².